The number of nitrogens with one attached hydrogen (secondary N) is 2. The normalized spacial score (nSPS) is 10.6. The van der Waals surface area contributed by atoms with Crippen LogP contribution < -0.4 is 10.6 Å². The fraction of sp³-hybridized carbons (Fsp3) is 0.182. The van der Waals surface area contributed by atoms with Gasteiger partial charge in [0, 0.05) is 24.1 Å². The number of anilines is 1. The Morgan fingerprint density at radius 2 is 1.54 bits per heavy atom. The quantitative estimate of drug-likeness (QED) is 0.715. The van der Waals surface area contributed by atoms with Gasteiger partial charge in [-0.3, -0.25) is 9.59 Å². The molecule has 5 nitrogen and oxygen atoms in total. The molecule has 0 aliphatic carbocycles. The zero-order valence-electron chi connectivity index (χ0n) is 16.3. The van der Waals surface area contributed by atoms with Gasteiger partial charge in [0.25, 0.3) is 11.8 Å². The number of halogens is 1. The van der Waals surface area contributed by atoms with Crippen molar-refractivity contribution >= 4 is 17.5 Å². The first-order valence-corrected chi connectivity index (χ1v) is 8.90. The number of hydrogen-bond acceptors (Lipinski definition) is 2. The third-order valence-corrected chi connectivity index (χ3v) is 4.60. The van der Waals surface area contributed by atoms with Gasteiger partial charge in [-0.15, -0.1) is 0 Å². The lowest BCUT2D eigenvalue weighted by atomic mass is 10.1. The van der Waals surface area contributed by atoms with Crippen LogP contribution in [0, 0.1) is 26.6 Å². The molecule has 1 heterocycles. The molecule has 0 atom stereocenters. The van der Waals surface area contributed by atoms with Crippen molar-refractivity contribution in [3.8, 4) is 5.69 Å². The minimum atomic E-state index is -0.646. The van der Waals surface area contributed by atoms with Crippen LogP contribution in [-0.2, 0) is 0 Å². The predicted octanol–water partition coefficient (Wildman–Crippen LogP) is 4.15. The summed E-state index contributed by atoms with van der Waals surface area (Å²) in [5, 5.41) is 5.16. The van der Waals surface area contributed by atoms with E-state index in [4.69, 9.17) is 0 Å². The van der Waals surface area contributed by atoms with E-state index >= 15 is 0 Å². The average molecular weight is 379 g/mol. The molecule has 0 saturated heterocycles. The smallest absolute Gasteiger partial charge is 0.257 e. The highest BCUT2D eigenvalue weighted by Crippen LogP contribution is 2.23. The summed E-state index contributed by atoms with van der Waals surface area (Å²) in [4.78, 5) is 24.8. The summed E-state index contributed by atoms with van der Waals surface area (Å²) in [5.41, 5.74) is 4.45. The fourth-order valence-electron chi connectivity index (χ4n) is 3.19. The van der Waals surface area contributed by atoms with Gasteiger partial charge in [0.05, 0.1) is 16.8 Å². The maximum absolute atomic E-state index is 13.9. The van der Waals surface area contributed by atoms with Crippen LogP contribution in [-0.4, -0.2) is 23.4 Å². The van der Waals surface area contributed by atoms with Crippen molar-refractivity contribution in [2.45, 2.75) is 20.8 Å². The van der Waals surface area contributed by atoms with E-state index in [0.29, 0.717) is 11.3 Å². The Labute approximate surface area is 163 Å². The topological polar surface area (TPSA) is 63.1 Å². The Kier molecular flexibility index (Phi) is 5.31. The molecule has 6 heteroatoms. The molecule has 0 aliphatic rings. The van der Waals surface area contributed by atoms with Crippen LogP contribution in [0.2, 0.25) is 0 Å². The van der Waals surface area contributed by atoms with E-state index in [0.717, 1.165) is 28.7 Å². The molecule has 0 bridgehead atoms. The molecule has 3 rings (SSSR count). The summed E-state index contributed by atoms with van der Waals surface area (Å²) in [6.07, 6.45) is 0. The number of benzene rings is 2. The highest BCUT2D eigenvalue weighted by atomic mass is 19.1. The molecule has 2 N–H and O–H groups in total. The fourth-order valence-corrected chi connectivity index (χ4v) is 3.19. The maximum atomic E-state index is 13.9. The summed E-state index contributed by atoms with van der Waals surface area (Å²) in [7, 11) is 1.42. The lowest BCUT2D eigenvalue weighted by molar-refractivity contribution is 0.0957. The van der Waals surface area contributed by atoms with E-state index < -0.39 is 11.7 Å². The molecule has 2 amide bonds. The van der Waals surface area contributed by atoms with Gasteiger partial charge in [-0.1, -0.05) is 11.6 Å². The molecule has 0 saturated carbocycles. The lowest BCUT2D eigenvalue weighted by Crippen LogP contribution is -2.20. The molecule has 144 valence electrons. The molecule has 1 aromatic heterocycles. The van der Waals surface area contributed by atoms with Gasteiger partial charge in [0.2, 0.25) is 0 Å². The van der Waals surface area contributed by atoms with E-state index in [2.05, 4.69) is 10.6 Å². The van der Waals surface area contributed by atoms with Gasteiger partial charge in [0.1, 0.15) is 5.82 Å². The molecule has 2 aromatic carbocycles. The van der Waals surface area contributed by atoms with Gasteiger partial charge >= 0.3 is 0 Å². The predicted molar refractivity (Wildman–Crippen MR) is 108 cm³/mol. The summed E-state index contributed by atoms with van der Waals surface area (Å²) in [6, 6.07) is 13.6. The van der Waals surface area contributed by atoms with Crippen LogP contribution in [0.25, 0.3) is 5.69 Å². The van der Waals surface area contributed by atoms with Crippen molar-refractivity contribution in [1.82, 2.24) is 9.88 Å². The molecule has 0 fully saturated rings. The maximum Gasteiger partial charge on any atom is 0.257 e. The van der Waals surface area contributed by atoms with E-state index in [1.54, 1.807) is 0 Å². The van der Waals surface area contributed by atoms with E-state index in [9.17, 15) is 14.0 Å². The summed E-state index contributed by atoms with van der Waals surface area (Å²) < 4.78 is 15.9. The Bertz CT molecular complexity index is 1050. The highest BCUT2D eigenvalue weighted by Gasteiger charge is 2.17. The second-order valence-corrected chi connectivity index (χ2v) is 6.70. The number of hydrogen-bond donors (Lipinski definition) is 2. The standard InChI is InChI=1S/C22H22FN3O2/c1-13-5-10-20(26-14(2)6-7-15(26)3)18(11-13)22(28)25-16-8-9-19(23)17(12-16)21(27)24-4/h5-12H,1-4H3,(H,24,27)(H,25,28). The monoisotopic (exact) mass is 379 g/mol. The number of aryl methyl sites for hydroxylation is 3. The SMILES string of the molecule is CNC(=O)c1cc(NC(=O)c2cc(C)ccc2-n2c(C)ccc2C)ccc1F. The minimum Gasteiger partial charge on any atom is -0.355 e. The zero-order chi connectivity index (χ0) is 20.4. The first-order valence-electron chi connectivity index (χ1n) is 8.90. The van der Waals surface area contributed by atoms with Crippen LogP contribution in [0.3, 0.4) is 0 Å². The first-order chi connectivity index (χ1) is 13.3. The summed E-state index contributed by atoms with van der Waals surface area (Å²) >= 11 is 0. The summed E-state index contributed by atoms with van der Waals surface area (Å²) in [6.45, 7) is 5.87. The van der Waals surface area contributed by atoms with Crippen molar-refractivity contribution in [2.75, 3.05) is 12.4 Å². The Morgan fingerprint density at radius 3 is 2.18 bits per heavy atom. The number of carbonyl (C=O) groups excluding carboxylic acids is 2. The van der Waals surface area contributed by atoms with E-state index in [1.165, 1.54) is 19.2 Å². The number of aromatic nitrogens is 1. The van der Waals surface area contributed by atoms with Gasteiger partial charge in [-0.25, -0.2) is 4.39 Å². The van der Waals surface area contributed by atoms with Crippen LogP contribution in [0.1, 0.15) is 37.7 Å². The van der Waals surface area contributed by atoms with Gasteiger partial charge in [-0.2, -0.15) is 0 Å². The van der Waals surface area contributed by atoms with Crippen LogP contribution in [0.15, 0.2) is 48.5 Å². The average Bonchev–Trinajstić information content (AvgIpc) is 3.01. The molecular weight excluding hydrogens is 357 g/mol. The molecule has 28 heavy (non-hydrogen) atoms. The zero-order valence-corrected chi connectivity index (χ0v) is 16.3. The second kappa shape index (κ2) is 7.68. The van der Waals surface area contributed by atoms with Gasteiger partial charge in [0.15, 0.2) is 0 Å². The van der Waals surface area contributed by atoms with Crippen LogP contribution in [0.5, 0.6) is 0 Å². The van der Waals surface area contributed by atoms with Crippen LogP contribution in [0.4, 0.5) is 10.1 Å². The molecule has 3 aromatic rings. The van der Waals surface area contributed by atoms with Crippen LogP contribution >= 0.6 is 0 Å². The first kappa shape index (κ1) is 19.4. The molecule has 0 aliphatic heterocycles. The number of amides is 2. The third kappa shape index (κ3) is 3.67. The Balaban J connectivity index is 2.00. The van der Waals surface area contributed by atoms with E-state index in [1.807, 2.05) is 55.7 Å². The number of nitrogens with zero attached hydrogens (tertiary/aromatic N) is 1. The summed E-state index contributed by atoms with van der Waals surface area (Å²) in [5.74, 6) is -1.53. The third-order valence-electron chi connectivity index (χ3n) is 4.60. The van der Waals surface area contributed by atoms with Gasteiger partial charge < -0.3 is 15.2 Å². The van der Waals surface area contributed by atoms with Gasteiger partial charge in [-0.05, 0) is 63.2 Å². The van der Waals surface area contributed by atoms with Crippen molar-refractivity contribution in [3.05, 3.63) is 82.4 Å². The molecule has 0 spiro atoms. The second-order valence-electron chi connectivity index (χ2n) is 6.70. The van der Waals surface area contributed by atoms with Crippen molar-refractivity contribution in [1.29, 1.82) is 0 Å². The Morgan fingerprint density at radius 1 is 0.857 bits per heavy atom. The highest BCUT2D eigenvalue weighted by molar-refractivity contribution is 6.07. The number of carbonyl (C=O) groups is 2. The minimum absolute atomic E-state index is 0.123. The van der Waals surface area contributed by atoms with Crippen molar-refractivity contribution in [3.63, 3.8) is 0 Å². The lowest BCUT2D eigenvalue weighted by Gasteiger charge is -2.16. The number of rotatable bonds is 4. The largest absolute Gasteiger partial charge is 0.355 e. The molecular formula is C22H22FN3O2. The van der Waals surface area contributed by atoms with Crippen molar-refractivity contribution in [2.24, 2.45) is 0 Å². The van der Waals surface area contributed by atoms with E-state index in [-0.39, 0.29) is 11.5 Å². The van der Waals surface area contributed by atoms with Crippen molar-refractivity contribution < 1.29 is 14.0 Å². The molecule has 0 unspecified atom stereocenters. The Hall–Kier alpha value is -3.41. The molecule has 0 radical (unpaired) electrons.